The minimum atomic E-state index is -2.83. The molecule has 0 aromatic rings. The zero-order chi connectivity index (χ0) is 12.5. The van der Waals surface area contributed by atoms with Gasteiger partial charge in [-0.2, -0.15) is 0 Å². The smallest absolute Gasteiger partial charge is 0.410 e. The second-order valence-corrected chi connectivity index (χ2v) is 7.05. The predicted molar refractivity (Wildman–Crippen MR) is 62.3 cm³/mol. The molecule has 0 aliphatic carbocycles. The topological polar surface area (TPSA) is 89.7 Å². The molecule has 2 N–H and O–H groups in total. The Kier molecular flexibility index (Phi) is 3.58. The van der Waals surface area contributed by atoms with Crippen LogP contribution in [-0.2, 0) is 14.6 Å². The number of amides is 1. The van der Waals surface area contributed by atoms with E-state index in [0.717, 1.165) is 0 Å². The van der Waals surface area contributed by atoms with Crippen molar-refractivity contribution in [2.24, 2.45) is 11.7 Å². The van der Waals surface area contributed by atoms with Crippen molar-refractivity contribution in [3.8, 4) is 0 Å². The molecule has 98 valence electrons. The lowest BCUT2D eigenvalue weighted by Gasteiger charge is -2.25. The van der Waals surface area contributed by atoms with Gasteiger partial charge in [0.1, 0.15) is 15.9 Å². The molecule has 6 nitrogen and oxygen atoms in total. The summed E-state index contributed by atoms with van der Waals surface area (Å²) >= 11 is 0. The highest BCUT2D eigenvalue weighted by atomic mass is 32.2. The summed E-state index contributed by atoms with van der Waals surface area (Å²) in [6.45, 7) is 1.45. The third-order valence-electron chi connectivity index (χ3n) is 3.37. The van der Waals surface area contributed by atoms with Crippen molar-refractivity contribution in [2.75, 3.05) is 31.1 Å². The molecule has 0 radical (unpaired) electrons. The second kappa shape index (κ2) is 4.81. The number of carbonyl (C=O) groups is 1. The third kappa shape index (κ3) is 3.10. The van der Waals surface area contributed by atoms with Gasteiger partial charge in [-0.25, -0.2) is 13.2 Å². The van der Waals surface area contributed by atoms with Gasteiger partial charge in [0.2, 0.25) is 0 Å². The Morgan fingerprint density at radius 2 is 2.00 bits per heavy atom. The molecule has 2 rings (SSSR count). The monoisotopic (exact) mass is 262 g/mol. The van der Waals surface area contributed by atoms with Crippen molar-refractivity contribution < 1.29 is 17.9 Å². The number of cyclic esters (lactones) is 1. The molecule has 17 heavy (non-hydrogen) atoms. The van der Waals surface area contributed by atoms with Crippen LogP contribution in [0.15, 0.2) is 0 Å². The molecule has 0 spiro atoms. The zero-order valence-corrected chi connectivity index (χ0v) is 10.5. The summed E-state index contributed by atoms with van der Waals surface area (Å²) in [6.07, 6.45) is 0.738. The first-order valence-corrected chi connectivity index (χ1v) is 7.68. The van der Waals surface area contributed by atoms with Crippen LogP contribution in [0.25, 0.3) is 0 Å². The second-order valence-electron chi connectivity index (χ2n) is 4.74. The summed E-state index contributed by atoms with van der Waals surface area (Å²) < 4.78 is 27.6. The minimum Gasteiger partial charge on any atom is -0.443 e. The molecule has 1 atom stereocenters. The van der Waals surface area contributed by atoms with Crippen molar-refractivity contribution in [3.63, 3.8) is 0 Å². The van der Waals surface area contributed by atoms with E-state index in [1.165, 1.54) is 0 Å². The Morgan fingerprint density at radius 1 is 1.35 bits per heavy atom. The maximum atomic E-state index is 11.5. The summed E-state index contributed by atoms with van der Waals surface area (Å²) in [6, 6.07) is 0. The van der Waals surface area contributed by atoms with Crippen LogP contribution in [0, 0.1) is 5.92 Å². The van der Waals surface area contributed by atoms with Crippen molar-refractivity contribution >= 4 is 15.9 Å². The molecule has 2 fully saturated rings. The molecule has 2 aliphatic rings. The molecule has 0 aromatic heterocycles. The van der Waals surface area contributed by atoms with Crippen LogP contribution in [0.1, 0.15) is 12.8 Å². The first kappa shape index (κ1) is 12.6. The van der Waals surface area contributed by atoms with Crippen LogP contribution in [-0.4, -0.2) is 56.7 Å². The molecule has 0 unspecified atom stereocenters. The van der Waals surface area contributed by atoms with E-state index in [2.05, 4.69) is 0 Å². The summed E-state index contributed by atoms with van der Waals surface area (Å²) in [4.78, 5) is 13.1. The zero-order valence-electron chi connectivity index (χ0n) is 9.67. The predicted octanol–water partition coefficient (Wildman–Crippen LogP) is -0.409. The van der Waals surface area contributed by atoms with E-state index >= 15 is 0 Å². The number of rotatable bonds is 3. The third-order valence-corrected chi connectivity index (χ3v) is 5.08. The normalized spacial score (nSPS) is 29.4. The van der Waals surface area contributed by atoms with Gasteiger partial charge in [-0.05, 0) is 18.8 Å². The van der Waals surface area contributed by atoms with Gasteiger partial charge < -0.3 is 15.4 Å². The first-order chi connectivity index (χ1) is 8.00. The number of hydrogen-bond donors (Lipinski definition) is 1. The highest BCUT2D eigenvalue weighted by Gasteiger charge is 2.33. The lowest BCUT2D eigenvalue weighted by atomic mass is 10.0. The highest BCUT2D eigenvalue weighted by molar-refractivity contribution is 7.91. The quantitative estimate of drug-likeness (QED) is 0.747. The van der Waals surface area contributed by atoms with Gasteiger partial charge in [0, 0.05) is 13.1 Å². The van der Waals surface area contributed by atoms with Crippen LogP contribution >= 0.6 is 0 Å². The Labute approximate surface area is 101 Å². The fourth-order valence-electron chi connectivity index (χ4n) is 2.28. The molecule has 2 saturated heterocycles. The van der Waals surface area contributed by atoms with E-state index < -0.39 is 9.84 Å². The van der Waals surface area contributed by atoms with E-state index in [1.807, 2.05) is 0 Å². The summed E-state index contributed by atoms with van der Waals surface area (Å²) in [7, 11) is -2.83. The average molecular weight is 262 g/mol. The van der Waals surface area contributed by atoms with Gasteiger partial charge in [0.15, 0.2) is 0 Å². The van der Waals surface area contributed by atoms with Crippen molar-refractivity contribution in [3.05, 3.63) is 0 Å². The standard InChI is InChI=1S/C10H18N2O4S/c11-5-9-7-12(10(13)16-9)6-8-1-3-17(14,15)4-2-8/h8-9H,1-7,11H2/t9-/m0/s1. The molecule has 2 heterocycles. The molecular formula is C10H18N2O4S. The van der Waals surface area contributed by atoms with E-state index in [-0.39, 0.29) is 29.6 Å². The molecule has 1 amide bonds. The fraction of sp³-hybridized carbons (Fsp3) is 0.900. The van der Waals surface area contributed by atoms with Crippen LogP contribution in [0.4, 0.5) is 4.79 Å². The fourth-order valence-corrected chi connectivity index (χ4v) is 3.87. The molecular weight excluding hydrogens is 244 g/mol. The van der Waals surface area contributed by atoms with Crippen LogP contribution in [0.5, 0.6) is 0 Å². The van der Waals surface area contributed by atoms with Crippen molar-refractivity contribution in [1.82, 2.24) is 4.90 Å². The number of nitrogens with two attached hydrogens (primary N) is 1. The molecule has 2 aliphatic heterocycles. The Morgan fingerprint density at radius 3 is 2.53 bits per heavy atom. The van der Waals surface area contributed by atoms with Gasteiger partial charge in [0.25, 0.3) is 0 Å². The lowest BCUT2D eigenvalue weighted by molar-refractivity contribution is 0.132. The van der Waals surface area contributed by atoms with Gasteiger partial charge in [-0.15, -0.1) is 0 Å². The molecule has 0 aromatic carbocycles. The van der Waals surface area contributed by atoms with Crippen LogP contribution in [0.3, 0.4) is 0 Å². The molecule has 0 saturated carbocycles. The largest absolute Gasteiger partial charge is 0.443 e. The van der Waals surface area contributed by atoms with Gasteiger partial charge in [0.05, 0.1) is 18.1 Å². The lowest BCUT2D eigenvalue weighted by Crippen LogP contribution is -2.35. The Balaban J connectivity index is 1.84. The maximum Gasteiger partial charge on any atom is 0.410 e. The van der Waals surface area contributed by atoms with Crippen LogP contribution in [0.2, 0.25) is 0 Å². The Hall–Kier alpha value is -0.820. The van der Waals surface area contributed by atoms with Crippen molar-refractivity contribution in [1.29, 1.82) is 0 Å². The number of nitrogens with zero attached hydrogens (tertiary/aromatic N) is 1. The number of ether oxygens (including phenoxy) is 1. The van der Waals surface area contributed by atoms with E-state index in [4.69, 9.17) is 10.5 Å². The highest BCUT2D eigenvalue weighted by Crippen LogP contribution is 2.22. The van der Waals surface area contributed by atoms with E-state index in [1.54, 1.807) is 4.90 Å². The summed E-state index contributed by atoms with van der Waals surface area (Å²) in [5.41, 5.74) is 5.44. The van der Waals surface area contributed by atoms with Gasteiger partial charge in [-0.3, -0.25) is 0 Å². The minimum absolute atomic E-state index is 0.213. The average Bonchev–Trinajstić information content (AvgIpc) is 2.63. The SMILES string of the molecule is NC[C@H]1CN(CC2CCS(=O)(=O)CC2)C(=O)O1. The van der Waals surface area contributed by atoms with Crippen molar-refractivity contribution in [2.45, 2.75) is 18.9 Å². The van der Waals surface area contributed by atoms with E-state index in [0.29, 0.717) is 32.5 Å². The molecule has 0 bridgehead atoms. The van der Waals surface area contributed by atoms with E-state index in [9.17, 15) is 13.2 Å². The molecule has 7 heteroatoms. The van der Waals surface area contributed by atoms with Crippen LogP contribution < -0.4 is 5.73 Å². The summed E-state index contributed by atoms with van der Waals surface area (Å²) in [5.74, 6) is 0.740. The van der Waals surface area contributed by atoms with Gasteiger partial charge in [-0.1, -0.05) is 0 Å². The Bertz CT molecular complexity index is 381. The maximum absolute atomic E-state index is 11.5. The number of sulfone groups is 1. The van der Waals surface area contributed by atoms with Gasteiger partial charge >= 0.3 is 6.09 Å². The number of hydrogen-bond acceptors (Lipinski definition) is 5. The number of carbonyl (C=O) groups excluding carboxylic acids is 1. The summed E-state index contributed by atoms with van der Waals surface area (Å²) in [5, 5.41) is 0. The first-order valence-electron chi connectivity index (χ1n) is 5.86.